The Bertz CT molecular complexity index is 2880. The third kappa shape index (κ3) is 13.7. The van der Waals surface area contributed by atoms with E-state index in [-0.39, 0.29) is 63.4 Å². The number of amides is 1. The molecule has 10 rings (SSSR count). The Morgan fingerprint density at radius 2 is 1.28 bits per heavy atom. The Balaban J connectivity index is 0.943. The summed E-state index contributed by atoms with van der Waals surface area (Å²) in [5.74, 6) is -5.33. The van der Waals surface area contributed by atoms with E-state index in [0.717, 1.165) is 12.7 Å². The highest BCUT2D eigenvalue weighted by atomic mass is 16.8. The predicted octanol–water partition coefficient (Wildman–Crippen LogP) is 5.45. The van der Waals surface area contributed by atoms with Gasteiger partial charge >= 0.3 is 12.1 Å². The fourth-order valence-electron chi connectivity index (χ4n) is 17.2. The van der Waals surface area contributed by atoms with E-state index in [4.69, 9.17) is 61.6 Å². The molecular formula is C67H100N2O24. The number of hydrogen-bond acceptors (Lipinski definition) is 24. The van der Waals surface area contributed by atoms with Crippen LogP contribution in [0.25, 0.3) is 0 Å². The number of ketones is 1. The van der Waals surface area contributed by atoms with Gasteiger partial charge in [0.2, 0.25) is 11.3 Å². The molecule has 26 nitrogen and oxygen atoms in total. The van der Waals surface area contributed by atoms with Crippen molar-refractivity contribution in [3.05, 3.63) is 68.5 Å². The Labute approximate surface area is 543 Å². The molecule has 31 atom stereocenters. The van der Waals surface area contributed by atoms with Gasteiger partial charge in [0.1, 0.15) is 41.8 Å². The highest BCUT2D eigenvalue weighted by Gasteiger charge is 2.64. The zero-order valence-corrected chi connectivity index (χ0v) is 55.9. The molecule has 31 unspecified atom stereocenters. The lowest BCUT2D eigenvalue weighted by atomic mass is 9.49. The molecule has 0 aromatic rings. The van der Waals surface area contributed by atoms with E-state index in [2.05, 4.69) is 25.2 Å². The maximum Gasteiger partial charge on any atom is 0.407 e. The van der Waals surface area contributed by atoms with E-state index in [9.17, 15) is 50.3 Å². The van der Waals surface area contributed by atoms with Gasteiger partial charge in [-0.05, 0) is 96.1 Å². The number of carbonyl (C=O) groups is 3. The van der Waals surface area contributed by atoms with Gasteiger partial charge in [-0.3, -0.25) is 14.9 Å². The average Bonchev–Trinajstić information content (AvgIpc) is 1.70. The number of nitrogens with zero attached hydrogens (tertiary/aromatic N) is 1. The number of allylic oxidation sites excluding steroid dienone is 3. The standard InChI is InChI=1S/C67H100N2O24/c1-29-15-18-45(88-52-27-65(11,69(79)80)60(38(10)87-52)68-64(78)82-14)30(2)20-40-21-39(28-70)33(5)26-67(40)62(76)53(63(77)93-67)61(75)66(12)42(29)17-16-41-54(66)31(3)19-32(4)57(41)91-51-24-46(56(74)35(7)84-51)89-50-25-47(90-48-22-43(71)55(73)34(6)83-48)59(37(9)86-50)92-49-23-44(72)58(81-13)36(8)85-49/h15-17,20-21,31-38,40-52,54-60,70-75H,18-19,22-28H2,1-14H3,(H,68,78)/b29-15-,30-20-,61-53-. The number of rotatable bonds is 14. The van der Waals surface area contributed by atoms with Crippen LogP contribution >= 0.6 is 0 Å². The van der Waals surface area contributed by atoms with Crippen molar-refractivity contribution in [2.75, 3.05) is 20.8 Å². The van der Waals surface area contributed by atoms with Crippen molar-refractivity contribution in [1.82, 2.24) is 5.32 Å². The number of hydrogen-bond donors (Lipinski definition) is 7. The summed E-state index contributed by atoms with van der Waals surface area (Å²) < 4.78 is 82.0. The quantitative estimate of drug-likeness (QED) is 0.0373. The van der Waals surface area contributed by atoms with E-state index in [1.807, 2.05) is 32.9 Å². The van der Waals surface area contributed by atoms with Crippen LogP contribution in [-0.2, 0) is 71.2 Å². The Hall–Kier alpha value is -4.33. The van der Waals surface area contributed by atoms with Crippen LogP contribution in [0.4, 0.5) is 4.79 Å². The van der Waals surface area contributed by atoms with Gasteiger partial charge in [-0.1, -0.05) is 63.6 Å². The zero-order chi connectivity index (χ0) is 67.7. The predicted molar refractivity (Wildman–Crippen MR) is 327 cm³/mol. The summed E-state index contributed by atoms with van der Waals surface area (Å²) in [5.41, 5.74) is -3.49. The van der Waals surface area contributed by atoms with E-state index >= 15 is 4.79 Å². The second-order valence-corrected chi connectivity index (χ2v) is 28.6. The third-order valence-corrected chi connectivity index (χ3v) is 22.3. The molecule has 6 aliphatic heterocycles. The van der Waals surface area contributed by atoms with Crippen molar-refractivity contribution in [3.63, 3.8) is 0 Å². The van der Waals surface area contributed by atoms with Gasteiger partial charge in [0.05, 0.1) is 87.3 Å². The van der Waals surface area contributed by atoms with Crippen LogP contribution in [-0.4, -0.2) is 214 Å². The molecule has 2 bridgehead atoms. The van der Waals surface area contributed by atoms with Crippen molar-refractivity contribution in [2.45, 2.75) is 275 Å². The molecule has 6 heterocycles. The Morgan fingerprint density at radius 1 is 0.688 bits per heavy atom. The maximum absolute atomic E-state index is 15.7. The van der Waals surface area contributed by atoms with Crippen LogP contribution in [0.1, 0.15) is 134 Å². The van der Waals surface area contributed by atoms with Gasteiger partial charge in [0.15, 0.2) is 37.1 Å². The SMILES string of the molecule is COC(=O)NC1C(C)OC(OC2C/C=C(/C)C3C=CC4C(OC5CC(OC6CC(OC7CC(O)C(O)C(C)O7)C(OC7CC(O)C(OC)C(C)O7)C(C)O6)C(O)C(C)O5)C(C)CC(C)C4C3(C)/C(O)=C3/C(=O)OC4(CC(C)C(CO)=CC4/C=C\2C)C3=O)CC1(C)[N+](=O)[O-]. The monoisotopic (exact) mass is 1320 g/mol. The van der Waals surface area contributed by atoms with Crippen LogP contribution < -0.4 is 5.32 Å². The first-order valence-electron chi connectivity index (χ1n) is 33.2. The highest BCUT2D eigenvalue weighted by molar-refractivity contribution is 6.26. The zero-order valence-electron chi connectivity index (χ0n) is 55.9. The number of Topliss-reactive ketones (excluding diaryl/α,β-unsaturated/α-hetero) is 1. The molecule has 0 aromatic heterocycles. The van der Waals surface area contributed by atoms with Crippen LogP contribution in [0.3, 0.4) is 0 Å². The molecule has 1 amide bonds. The molecule has 7 N–H and O–H groups in total. The Kier molecular flexibility index (Phi) is 21.7. The molecule has 7 fully saturated rings. The summed E-state index contributed by atoms with van der Waals surface area (Å²) in [6, 6.07) is -1.09. The topological polar surface area (TPSA) is 348 Å². The molecular weight excluding hydrogens is 1220 g/mol. The summed E-state index contributed by atoms with van der Waals surface area (Å²) in [6.07, 6.45) is -8.05. The van der Waals surface area contributed by atoms with Crippen molar-refractivity contribution >= 4 is 17.8 Å². The van der Waals surface area contributed by atoms with Gasteiger partial charge in [-0.15, -0.1) is 0 Å². The maximum atomic E-state index is 15.7. The first kappa shape index (κ1) is 71.4. The molecule has 1 saturated carbocycles. The number of aliphatic hydroxyl groups is 6. The van der Waals surface area contributed by atoms with Gasteiger partial charge in [-0.25, -0.2) is 9.59 Å². The fourth-order valence-corrected chi connectivity index (χ4v) is 17.2. The number of aliphatic hydroxyl groups excluding tert-OH is 6. The summed E-state index contributed by atoms with van der Waals surface area (Å²) in [7, 11) is 2.66. The molecule has 10 aliphatic rings. The van der Waals surface area contributed by atoms with E-state index in [1.54, 1.807) is 53.7 Å². The molecule has 93 heavy (non-hydrogen) atoms. The normalized spacial score (nSPS) is 49.9. The second kappa shape index (κ2) is 28.3. The first-order chi connectivity index (χ1) is 43.9. The average molecular weight is 1320 g/mol. The first-order valence-corrected chi connectivity index (χ1v) is 33.2. The number of nitro groups is 1. The molecule has 0 radical (unpaired) electrons. The number of fused-ring (bicyclic) bond motifs is 4. The van der Waals surface area contributed by atoms with Crippen molar-refractivity contribution in [1.29, 1.82) is 0 Å². The summed E-state index contributed by atoms with van der Waals surface area (Å²) in [6.45, 7) is 21.2. The van der Waals surface area contributed by atoms with E-state index in [1.165, 1.54) is 14.0 Å². The molecule has 26 heteroatoms. The third-order valence-electron chi connectivity index (χ3n) is 22.3. The highest BCUT2D eigenvalue weighted by Crippen LogP contribution is 2.61. The van der Waals surface area contributed by atoms with Crippen LogP contribution in [0.2, 0.25) is 0 Å². The largest absolute Gasteiger partial charge is 0.511 e. The lowest BCUT2D eigenvalue weighted by Gasteiger charge is -2.56. The smallest absolute Gasteiger partial charge is 0.407 e. The van der Waals surface area contributed by atoms with Gasteiger partial charge in [0.25, 0.3) is 0 Å². The molecule has 522 valence electrons. The minimum Gasteiger partial charge on any atom is -0.511 e. The number of alkyl carbamates (subject to hydrolysis) is 1. The van der Waals surface area contributed by atoms with E-state index < -0.39 is 209 Å². The second-order valence-electron chi connectivity index (χ2n) is 28.6. The molecule has 1 spiro atoms. The van der Waals surface area contributed by atoms with Crippen molar-refractivity contribution < 1.29 is 112 Å². The number of ether oxygens (including phenoxy) is 13. The van der Waals surface area contributed by atoms with E-state index in [0.29, 0.717) is 17.6 Å². The van der Waals surface area contributed by atoms with Gasteiger partial charge in [0, 0.05) is 74.2 Å². The van der Waals surface area contributed by atoms with Gasteiger partial charge < -0.3 is 97.5 Å². The van der Waals surface area contributed by atoms with Crippen molar-refractivity contribution in [2.24, 2.45) is 46.8 Å². The lowest BCUT2D eigenvalue weighted by molar-refractivity contribution is -0.584. The molecule has 6 saturated heterocycles. The molecule has 0 aromatic carbocycles. The summed E-state index contributed by atoms with van der Waals surface area (Å²) >= 11 is 0. The van der Waals surface area contributed by atoms with Crippen molar-refractivity contribution in [3.8, 4) is 0 Å². The minimum absolute atomic E-state index is 0.00999. The number of methoxy groups -OCH3 is 2. The number of esters is 1. The fraction of sp³-hybridized carbons (Fsp3) is 0.806. The van der Waals surface area contributed by atoms with Crippen LogP contribution in [0, 0.1) is 57.0 Å². The molecule has 4 aliphatic carbocycles. The van der Waals surface area contributed by atoms with Crippen LogP contribution in [0.15, 0.2) is 58.4 Å². The Morgan fingerprint density at radius 3 is 1.92 bits per heavy atom. The minimum atomic E-state index is -1.84. The summed E-state index contributed by atoms with van der Waals surface area (Å²) in [5, 5.41) is 83.6. The number of nitrogens with one attached hydrogen (secondary N) is 1. The van der Waals surface area contributed by atoms with Crippen LogP contribution in [0.5, 0.6) is 0 Å². The van der Waals surface area contributed by atoms with Gasteiger partial charge in [-0.2, -0.15) is 0 Å². The summed E-state index contributed by atoms with van der Waals surface area (Å²) in [4.78, 5) is 55.4. The lowest BCUT2D eigenvalue weighted by Crippen LogP contribution is -2.65. The number of carbonyl (C=O) groups excluding carboxylic acids is 3.